The number of benzene rings is 1. The van der Waals surface area contributed by atoms with Crippen LogP contribution in [0.2, 0.25) is 5.02 Å². The molecule has 1 aromatic carbocycles. The zero-order chi connectivity index (χ0) is 17.1. The first kappa shape index (κ1) is 16.5. The molecule has 3 rings (SSSR count). The van der Waals surface area contributed by atoms with E-state index in [0.717, 1.165) is 16.9 Å². The van der Waals surface area contributed by atoms with E-state index in [-0.39, 0.29) is 24.4 Å². The van der Waals surface area contributed by atoms with Gasteiger partial charge in [0, 0.05) is 17.4 Å². The van der Waals surface area contributed by atoms with E-state index >= 15 is 0 Å². The zero-order valence-corrected chi connectivity index (χ0v) is 14.4. The molecular formula is C19H19ClN2O2. The quantitative estimate of drug-likeness (QED) is 0.642. The summed E-state index contributed by atoms with van der Waals surface area (Å²) in [4.78, 5) is 17.0. The smallest absolute Gasteiger partial charge is 0.314 e. The van der Waals surface area contributed by atoms with Crippen LogP contribution in [-0.2, 0) is 16.1 Å². The molecular weight excluding hydrogens is 324 g/mol. The lowest BCUT2D eigenvalue weighted by Gasteiger charge is -2.19. The number of aromatic nitrogens is 2. The number of pyridine rings is 1. The first-order chi connectivity index (χ1) is 11.5. The summed E-state index contributed by atoms with van der Waals surface area (Å²) in [7, 11) is 0. The van der Waals surface area contributed by atoms with Gasteiger partial charge >= 0.3 is 5.97 Å². The summed E-state index contributed by atoms with van der Waals surface area (Å²) < 4.78 is 7.42. The molecule has 3 aromatic rings. The number of nitrogens with zero attached hydrogens (tertiary/aromatic N) is 2. The highest BCUT2D eigenvalue weighted by Crippen LogP contribution is 2.27. The Hall–Kier alpha value is -2.33. The number of carbonyl (C=O) groups is 1. The van der Waals surface area contributed by atoms with E-state index in [0.29, 0.717) is 5.02 Å². The largest absolute Gasteiger partial charge is 0.459 e. The molecule has 0 aliphatic carbocycles. The van der Waals surface area contributed by atoms with Gasteiger partial charge in [-0.25, -0.2) is 4.98 Å². The van der Waals surface area contributed by atoms with Crippen LogP contribution in [0.15, 0.2) is 54.9 Å². The molecule has 2 aromatic heterocycles. The molecule has 0 bridgehead atoms. The van der Waals surface area contributed by atoms with Gasteiger partial charge in [-0.2, -0.15) is 0 Å². The molecule has 0 unspecified atom stereocenters. The summed E-state index contributed by atoms with van der Waals surface area (Å²) in [6.45, 7) is 4.17. The van der Waals surface area contributed by atoms with Crippen LogP contribution in [0.25, 0.3) is 5.65 Å². The van der Waals surface area contributed by atoms with Gasteiger partial charge in [-0.3, -0.25) is 4.79 Å². The van der Waals surface area contributed by atoms with Crippen LogP contribution in [0.4, 0.5) is 0 Å². The predicted octanol–water partition coefficient (Wildman–Crippen LogP) is 4.47. The van der Waals surface area contributed by atoms with Crippen molar-refractivity contribution in [1.82, 2.24) is 9.38 Å². The first-order valence-electron chi connectivity index (χ1n) is 7.89. The van der Waals surface area contributed by atoms with Crippen molar-refractivity contribution in [3.05, 3.63) is 71.1 Å². The molecule has 24 heavy (non-hydrogen) atoms. The predicted molar refractivity (Wildman–Crippen MR) is 94.0 cm³/mol. The highest BCUT2D eigenvalue weighted by molar-refractivity contribution is 6.30. The Labute approximate surface area is 146 Å². The molecule has 0 aliphatic rings. The summed E-state index contributed by atoms with van der Waals surface area (Å²) in [5.41, 5.74) is 2.48. The standard InChI is InChI=1S/C19H19ClN2O2/c1-13(2)18(14-6-8-15(20)9-7-14)19(23)24-12-16-11-22-10-4-3-5-17(22)21-16/h3-11,13,18H,12H2,1-2H3/t18-/m1/s1. The van der Waals surface area contributed by atoms with E-state index in [1.165, 1.54) is 0 Å². The number of hydrogen-bond acceptors (Lipinski definition) is 3. The third kappa shape index (κ3) is 3.60. The SMILES string of the molecule is CC(C)[C@@H](C(=O)OCc1cn2ccccc2n1)c1ccc(Cl)cc1. The molecule has 0 aliphatic heterocycles. The minimum atomic E-state index is -0.320. The maximum absolute atomic E-state index is 12.6. The van der Waals surface area contributed by atoms with Crippen LogP contribution in [0, 0.1) is 5.92 Å². The topological polar surface area (TPSA) is 43.6 Å². The van der Waals surface area contributed by atoms with E-state index in [1.807, 2.05) is 61.0 Å². The van der Waals surface area contributed by atoms with E-state index < -0.39 is 0 Å². The minimum Gasteiger partial charge on any atom is -0.459 e. The molecule has 0 N–H and O–H groups in total. The molecule has 0 amide bonds. The van der Waals surface area contributed by atoms with Gasteiger partial charge < -0.3 is 9.14 Å². The normalized spacial score (nSPS) is 12.5. The second-order valence-corrected chi connectivity index (χ2v) is 6.52. The third-order valence-electron chi connectivity index (χ3n) is 3.93. The van der Waals surface area contributed by atoms with E-state index in [1.54, 1.807) is 12.1 Å². The van der Waals surface area contributed by atoms with Gasteiger partial charge in [-0.05, 0) is 35.7 Å². The lowest BCUT2D eigenvalue weighted by Crippen LogP contribution is -2.20. The molecule has 0 spiro atoms. The summed E-state index contributed by atoms with van der Waals surface area (Å²) >= 11 is 5.93. The van der Waals surface area contributed by atoms with Crippen LogP contribution in [-0.4, -0.2) is 15.4 Å². The van der Waals surface area contributed by atoms with Crippen LogP contribution < -0.4 is 0 Å². The van der Waals surface area contributed by atoms with E-state index in [4.69, 9.17) is 16.3 Å². The molecule has 0 saturated heterocycles. The van der Waals surface area contributed by atoms with Crippen LogP contribution in [0.3, 0.4) is 0 Å². The molecule has 2 heterocycles. The number of hydrogen-bond donors (Lipinski definition) is 0. The molecule has 5 heteroatoms. The Bertz CT molecular complexity index is 807. The van der Waals surface area contributed by atoms with Gasteiger partial charge in [-0.15, -0.1) is 0 Å². The fourth-order valence-electron chi connectivity index (χ4n) is 2.75. The average Bonchev–Trinajstić information content (AvgIpc) is 2.97. The third-order valence-corrected chi connectivity index (χ3v) is 4.18. The minimum absolute atomic E-state index is 0.125. The van der Waals surface area contributed by atoms with Gasteiger partial charge in [0.1, 0.15) is 12.3 Å². The van der Waals surface area contributed by atoms with Gasteiger partial charge in [0.2, 0.25) is 0 Å². The van der Waals surface area contributed by atoms with Crippen molar-refractivity contribution in [3.63, 3.8) is 0 Å². The fraction of sp³-hybridized carbons (Fsp3) is 0.263. The lowest BCUT2D eigenvalue weighted by atomic mass is 9.88. The molecule has 4 nitrogen and oxygen atoms in total. The zero-order valence-electron chi connectivity index (χ0n) is 13.6. The number of imidazole rings is 1. The second-order valence-electron chi connectivity index (χ2n) is 6.08. The van der Waals surface area contributed by atoms with Gasteiger partial charge in [0.15, 0.2) is 0 Å². The van der Waals surface area contributed by atoms with E-state index in [2.05, 4.69) is 4.98 Å². The number of esters is 1. The summed E-state index contributed by atoms with van der Waals surface area (Å²) in [5, 5.41) is 0.652. The summed E-state index contributed by atoms with van der Waals surface area (Å²) in [5.74, 6) is -0.441. The molecule has 0 saturated carbocycles. The van der Waals surface area contributed by atoms with Crippen molar-refractivity contribution in [1.29, 1.82) is 0 Å². The average molecular weight is 343 g/mol. The fourth-order valence-corrected chi connectivity index (χ4v) is 2.88. The molecule has 0 radical (unpaired) electrons. The Kier molecular flexibility index (Phi) is 4.86. The Morgan fingerprint density at radius 1 is 1.21 bits per heavy atom. The highest BCUT2D eigenvalue weighted by atomic mass is 35.5. The van der Waals surface area contributed by atoms with Gasteiger partial charge in [-0.1, -0.05) is 43.6 Å². The van der Waals surface area contributed by atoms with Gasteiger partial charge in [0.05, 0.1) is 11.6 Å². The van der Waals surface area contributed by atoms with Crippen LogP contribution >= 0.6 is 11.6 Å². The Balaban J connectivity index is 1.72. The van der Waals surface area contributed by atoms with Crippen LogP contribution in [0.1, 0.15) is 31.0 Å². The number of halogens is 1. The van der Waals surface area contributed by atoms with Crippen molar-refractivity contribution >= 4 is 23.2 Å². The number of carbonyl (C=O) groups excluding carboxylic acids is 1. The molecule has 0 fully saturated rings. The van der Waals surface area contributed by atoms with Gasteiger partial charge in [0.25, 0.3) is 0 Å². The lowest BCUT2D eigenvalue weighted by molar-refractivity contribution is -0.148. The second kappa shape index (κ2) is 7.05. The maximum atomic E-state index is 12.6. The molecule has 124 valence electrons. The van der Waals surface area contributed by atoms with Crippen LogP contribution in [0.5, 0.6) is 0 Å². The van der Waals surface area contributed by atoms with E-state index in [9.17, 15) is 4.79 Å². The highest BCUT2D eigenvalue weighted by Gasteiger charge is 2.26. The number of fused-ring (bicyclic) bond motifs is 1. The first-order valence-corrected chi connectivity index (χ1v) is 8.27. The van der Waals surface area contributed by atoms with Crippen molar-refractivity contribution in [2.75, 3.05) is 0 Å². The monoisotopic (exact) mass is 342 g/mol. The Morgan fingerprint density at radius 2 is 1.96 bits per heavy atom. The van der Waals surface area contributed by atoms with Crippen molar-refractivity contribution in [3.8, 4) is 0 Å². The van der Waals surface area contributed by atoms with Crippen molar-refractivity contribution < 1.29 is 9.53 Å². The molecule has 1 atom stereocenters. The Morgan fingerprint density at radius 3 is 2.62 bits per heavy atom. The summed E-state index contributed by atoms with van der Waals surface area (Å²) in [6, 6.07) is 13.1. The number of rotatable bonds is 5. The van der Waals surface area contributed by atoms with Crippen molar-refractivity contribution in [2.24, 2.45) is 5.92 Å². The summed E-state index contributed by atoms with van der Waals surface area (Å²) in [6.07, 6.45) is 3.79. The van der Waals surface area contributed by atoms with Crippen molar-refractivity contribution in [2.45, 2.75) is 26.4 Å². The number of ether oxygens (including phenoxy) is 1. The maximum Gasteiger partial charge on any atom is 0.314 e.